The van der Waals surface area contributed by atoms with Crippen molar-refractivity contribution in [2.24, 2.45) is 10.9 Å². The number of methoxy groups -OCH3 is 1. The SMILES string of the molecule is C#C.CC.CO/C=C(\C)C(=O)N1CCC(CC2SC(=N[C@@H](C)c3ccccc3C(F)(F)F)NC2=O)CC1. The van der Waals surface area contributed by atoms with Crippen LogP contribution in [0.3, 0.4) is 0 Å². The summed E-state index contributed by atoms with van der Waals surface area (Å²) < 4.78 is 44.8. The van der Waals surface area contributed by atoms with Gasteiger partial charge in [0.15, 0.2) is 5.17 Å². The van der Waals surface area contributed by atoms with Crippen molar-refractivity contribution in [3.8, 4) is 12.8 Å². The molecule has 1 unspecified atom stereocenters. The fourth-order valence-corrected chi connectivity index (χ4v) is 5.32. The van der Waals surface area contributed by atoms with Crippen molar-refractivity contribution in [2.75, 3.05) is 20.2 Å². The minimum absolute atomic E-state index is 0.0502. The topological polar surface area (TPSA) is 71.0 Å². The highest BCUT2D eigenvalue weighted by Crippen LogP contribution is 2.37. The van der Waals surface area contributed by atoms with Crippen LogP contribution in [0.5, 0.6) is 0 Å². The van der Waals surface area contributed by atoms with Crippen molar-refractivity contribution in [3.63, 3.8) is 0 Å². The van der Waals surface area contributed by atoms with Crippen molar-refractivity contribution in [3.05, 3.63) is 47.2 Å². The van der Waals surface area contributed by atoms with Crippen molar-refractivity contribution in [1.82, 2.24) is 10.2 Å². The number of thioether (sulfide) groups is 1. The molecule has 1 N–H and O–H groups in total. The highest BCUT2D eigenvalue weighted by Gasteiger charge is 2.36. The standard InChI is InChI=1S/C23H28F3N3O3S.C2H6.C2H2/c1-14(13-32-3)21(31)29-10-8-16(9-11-29)12-19-20(30)28-22(33-19)27-15(2)17-6-4-5-7-18(17)23(24,25)26;2*1-2/h4-7,13,15-16,19H,8-12H2,1-3H3,(H,27,28,30);1-2H3;1-2H/b14-13+;;/t15-,19?;;/m0../s1. The Balaban J connectivity index is 0.00000163. The van der Waals surface area contributed by atoms with Gasteiger partial charge in [0.1, 0.15) is 0 Å². The maximum absolute atomic E-state index is 13.3. The largest absolute Gasteiger partial charge is 0.504 e. The molecule has 0 aliphatic carbocycles. The minimum atomic E-state index is -4.46. The Kier molecular flexibility index (Phi) is 13.3. The molecular weight excluding hydrogens is 503 g/mol. The molecule has 0 spiro atoms. The number of hydrogen-bond donors (Lipinski definition) is 1. The first-order chi connectivity index (χ1) is 17.6. The Morgan fingerprint density at radius 1 is 1.27 bits per heavy atom. The summed E-state index contributed by atoms with van der Waals surface area (Å²) in [5.41, 5.74) is -0.0981. The summed E-state index contributed by atoms with van der Waals surface area (Å²) in [6, 6.07) is 4.60. The molecule has 1 aromatic carbocycles. The number of carbonyl (C=O) groups excluding carboxylic acids is 2. The number of likely N-dealkylation sites (tertiary alicyclic amines) is 1. The Morgan fingerprint density at radius 2 is 1.86 bits per heavy atom. The third-order valence-electron chi connectivity index (χ3n) is 5.88. The van der Waals surface area contributed by atoms with E-state index in [0.717, 1.165) is 18.9 Å². The lowest BCUT2D eigenvalue weighted by atomic mass is 9.91. The second-order valence-corrected chi connectivity index (χ2v) is 9.49. The third-order valence-corrected chi connectivity index (χ3v) is 7.01. The summed E-state index contributed by atoms with van der Waals surface area (Å²) in [6.07, 6.45) is 7.19. The van der Waals surface area contributed by atoms with Gasteiger partial charge >= 0.3 is 6.18 Å². The van der Waals surface area contributed by atoms with Gasteiger partial charge in [0, 0.05) is 18.7 Å². The van der Waals surface area contributed by atoms with Crippen LogP contribution in [-0.2, 0) is 20.5 Å². The van der Waals surface area contributed by atoms with Crippen LogP contribution in [0.4, 0.5) is 13.2 Å². The Morgan fingerprint density at radius 3 is 2.43 bits per heavy atom. The molecule has 2 heterocycles. The van der Waals surface area contributed by atoms with Gasteiger partial charge in [-0.25, -0.2) is 0 Å². The molecule has 204 valence electrons. The maximum Gasteiger partial charge on any atom is 0.416 e. The minimum Gasteiger partial charge on any atom is -0.504 e. The smallest absolute Gasteiger partial charge is 0.416 e. The lowest BCUT2D eigenvalue weighted by Crippen LogP contribution is -2.39. The van der Waals surface area contributed by atoms with Crippen LogP contribution in [-0.4, -0.2) is 47.3 Å². The number of ether oxygens (including phenoxy) is 1. The Bertz CT molecular complexity index is 984. The van der Waals surface area contributed by atoms with Crippen molar-refractivity contribution in [2.45, 2.75) is 64.4 Å². The first-order valence-corrected chi connectivity index (χ1v) is 13.0. The third kappa shape index (κ3) is 9.15. The monoisotopic (exact) mass is 539 g/mol. The van der Waals surface area contributed by atoms with E-state index >= 15 is 0 Å². The molecule has 0 bridgehead atoms. The van der Waals surface area contributed by atoms with Crippen LogP contribution < -0.4 is 5.32 Å². The number of hydrogen-bond acceptors (Lipinski definition) is 5. The zero-order valence-corrected chi connectivity index (χ0v) is 22.8. The average Bonchev–Trinajstić information content (AvgIpc) is 3.24. The van der Waals surface area contributed by atoms with Gasteiger partial charge in [0.2, 0.25) is 5.91 Å². The molecule has 2 amide bonds. The second kappa shape index (κ2) is 15.4. The van der Waals surface area contributed by atoms with Gasteiger partial charge in [0.25, 0.3) is 5.91 Å². The van der Waals surface area contributed by atoms with Crippen LogP contribution in [0.1, 0.15) is 64.1 Å². The molecule has 37 heavy (non-hydrogen) atoms. The first-order valence-electron chi connectivity index (χ1n) is 12.1. The second-order valence-electron chi connectivity index (χ2n) is 8.30. The van der Waals surface area contributed by atoms with Gasteiger partial charge in [-0.3, -0.25) is 14.6 Å². The van der Waals surface area contributed by atoms with E-state index in [2.05, 4.69) is 23.2 Å². The van der Waals surface area contributed by atoms with Crippen LogP contribution in [0, 0.1) is 18.8 Å². The quantitative estimate of drug-likeness (QED) is 0.281. The highest BCUT2D eigenvalue weighted by molar-refractivity contribution is 8.15. The lowest BCUT2D eigenvalue weighted by Gasteiger charge is -2.32. The molecule has 2 aliphatic heterocycles. The number of halogens is 3. The van der Waals surface area contributed by atoms with E-state index in [-0.39, 0.29) is 28.5 Å². The number of piperidine rings is 1. The van der Waals surface area contributed by atoms with E-state index in [9.17, 15) is 22.8 Å². The summed E-state index contributed by atoms with van der Waals surface area (Å²) in [5, 5.41) is 2.73. The van der Waals surface area contributed by atoms with Gasteiger partial charge in [-0.05, 0) is 50.7 Å². The highest BCUT2D eigenvalue weighted by atomic mass is 32.2. The molecular formula is C27H36F3N3O3S. The fraction of sp³-hybridized carbons (Fsp3) is 0.519. The van der Waals surface area contributed by atoms with E-state index < -0.39 is 17.8 Å². The molecule has 10 heteroatoms. The van der Waals surface area contributed by atoms with E-state index in [0.29, 0.717) is 30.3 Å². The summed E-state index contributed by atoms with van der Waals surface area (Å²) in [6.45, 7) is 8.53. The zero-order chi connectivity index (χ0) is 28.2. The van der Waals surface area contributed by atoms with Gasteiger partial charge in [-0.15, -0.1) is 12.8 Å². The number of alkyl halides is 3. The number of aliphatic imine (C=N–C) groups is 1. The summed E-state index contributed by atoms with van der Waals surface area (Å²) in [7, 11) is 1.50. The van der Waals surface area contributed by atoms with Gasteiger partial charge in [-0.2, -0.15) is 13.2 Å². The van der Waals surface area contributed by atoms with Crippen molar-refractivity contribution in [1.29, 1.82) is 0 Å². The van der Waals surface area contributed by atoms with Gasteiger partial charge < -0.3 is 15.0 Å². The van der Waals surface area contributed by atoms with Crippen LogP contribution >= 0.6 is 11.8 Å². The number of carbonyl (C=O) groups is 2. The number of benzene rings is 1. The van der Waals surface area contributed by atoms with E-state index in [1.807, 2.05) is 13.8 Å². The van der Waals surface area contributed by atoms with E-state index in [1.165, 1.54) is 37.3 Å². The summed E-state index contributed by atoms with van der Waals surface area (Å²) in [4.78, 5) is 31.0. The predicted molar refractivity (Wildman–Crippen MR) is 143 cm³/mol. The number of terminal acetylenes is 1. The van der Waals surface area contributed by atoms with Crippen LogP contribution in [0.15, 0.2) is 41.1 Å². The Hall–Kier alpha value is -2.93. The van der Waals surface area contributed by atoms with Crippen LogP contribution in [0.2, 0.25) is 0 Å². The molecule has 2 saturated heterocycles. The Labute approximate surface area is 222 Å². The molecule has 0 saturated carbocycles. The maximum atomic E-state index is 13.3. The first kappa shape index (κ1) is 32.1. The number of amides is 2. The van der Waals surface area contributed by atoms with Crippen LogP contribution in [0.25, 0.3) is 0 Å². The normalized spacial score (nSPS) is 20.2. The number of amidine groups is 1. The molecule has 6 nitrogen and oxygen atoms in total. The molecule has 2 aliphatic rings. The number of nitrogens with one attached hydrogen (secondary N) is 1. The molecule has 0 aromatic heterocycles. The van der Waals surface area contributed by atoms with Gasteiger partial charge in [-0.1, -0.05) is 43.8 Å². The zero-order valence-electron chi connectivity index (χ0n) is 22.0. The molecule has 0 radical (unpaired) electrons. The average molecular weight is 540 g/mol. The molecule has 3 rings (SSSR count). The predicted octanol–water partition coefficient (Wildman–Crippen LogP) is 5.81. The number of rotatable bonds is 6. The van der Waals surface area contributed by atoms with E-state index in [1.54, 1.807) is 24.8 Å². The van der Waals surface area contributed by atoms with Crippen molar-refractivity contribution >= 4 is 28.7 Å². The fourth-order valence-electron chi connectivity index (χ4n) is 4.14. The molecule has 1 aromatic rings. The lowest BCUT2D eigenvalue weighted by molar-refractivity contribution is -0.138. The van der Waals surface area contributed by atoms with E-state index in [4.69, 9.17) is 4.74 Å². The summed E-state index contributed by atoms with van der Waals surface area (Å²) in [5.74, 6) is 0.0602. The van der Waals surface area contributed by atoms with Gasteiger partial charge in [0.05, 0.1) is 30.2 Å². The van der Waals surface area contributed by atoms with Crippen molar-refractivity contribution < 1.29 is 27.5 Å². The number of nitrogens with zero attached hydrogens (tertiary/aromatic N) is 2. The summed E-state index contributed by atoms with van der Waals surface area (Å²) >= 11 is 1.27. The molecule has 2 fully saturated rings. The molecule has 2 atom stereocenters.